The Labute approximate surface area is 115 Å². The first-order chi connectivity index (χ1) is 8.16. The first kappa shape index (κ1) is 29.9. The molecule has 0 atom stereocenters. The molecule has 0 bridgehead atoms. The number of nitrogens with two attached hydrogens (primary N) is 2. The minimum atomic E-state index is 0. The molecule has 0 spiro atoms. The van der Waals surface area contributed by atoms with Crippen LogP contribution in [0.4, 0.5) is 0 Å². The molecule has 0 aliphatic rings. The molecule has 0 aromatic heterocycles. The number of nitrogens with one attached hydrogen (secondary N) is 1. The molecule has 13 heteroatoms. The van der Waals surface area contributed by atoms with Crippen molar-refractivity contribution in [3.63, 3.8) is 0 Å². The minimum Gasteiger partial charge on any atom is -0.373 e. The average molecular weight is 302 g/mol. The number of nitrogens with zero attached hydrogens (tertiary/aromatic N) is 9. The summed E-state index contributed by atoms with van der Waals surface area (Å²) < 4.78 is 0. The Kier molecular flexibility index (Phi) is 97.4. The van der Waals surface area contributed by atoms with Crippen LogP contribution in [0.25, 0.3) is 47.9 Å². The van der Waals surface area contributed by atoms with Crippen molar-refractivity contribution < 1.29 is 16.8 Å². The summed E-state index contributed by atoms with van der Waals surface area (Å²) in [4.78, 5) is 4.50. The fraction of sp³-hybridized carbons (Fsp3) is 1.00. The first-order valence-electron chi connectivity index (χ1n) is 4.22. The van der Waals surface area contributed by atoms with E-state index >= 15 is 0 Å². The summed E-state index contributed by atoms with van der Waals surface area (Å²) in [6.45, 7) is 3.37. The maximum Gasteiger partial charge on any atom is 3.00 e. The van der Waals surface area contributed by atoms with E-state index in [9.17, 15) is 0 Å². The van der Waals surface area contributed by atoms with Gasteiger partial charge in [0.1, 0.15) is 0 Å². The van der Waals surface area contributed by atoms with Crippen molar-refractivity contribution in [1.82, 2.24) is 5.32 Å². The summed E-state index contributed by atoms with van der Waals surface area (Å²) in [5.41, 5.74) is 51.0. The molecule has 0 rings (SSSR count). The predicted octanol–water partition coefficient (Wildman–Crippen LogP) is 1.48. The number of hydrogen-bond acceptors (Lipinski definition) is 3. The van der Waals surface area contributed by atoms with E-state index in [0.717, 1.165) is 26.1 Å². The molecule has 18 heavy (non-hydrogen) atoms. The molecule has 5 N–H and O–H groups in total. The number of rotatable bonds is 5. The predicted molar refractivity (Wildman–Crippen MR) is 65.8 cm³/mol. The van der Waals surface area contributed by atoms with Gasteiger partial charge in [-0.15, -0.1) is 0 Å². The maximum atomic E-state index is 6.75. The molecule has 0 heterocycles. The van der Waals surface area contributed by atoms with Crippen molar-refractivity contribution in [3.8, 4) is 0 Å². The molecular formula is C5H15CoN12. The molecule has 12 nitrogen and oxygen atoms in total. The van der Waals surface area contributed by atoms with Gasteiger partial charge in [0.15, 0.2) is 0 Å². The summed E-state index contributed by atoms with van der Waals surface area (Å²) in [5.74, 6) is 0. The van der Waals surface area contributed by atoms with Crippen LogP contribution in [0.3, 0.4) is 0 Å². The molecule has 0 aliphatic carbocycles. The first-order valence-corrected chi connectivity index (χ1v) is 4.22. The van der Waals surface area contributed by atoms with E-state index in [-0.39, 0.29) is 16.8 Å². The Morgan fingerprint density at radius 3 is 1.28 bits per heavy atom. The Balaban J connectivity index is -0.0000000477. The monoisotopic (exact) mass is 302 g/mol. The molecule has 0 unspecified atom stereocenters. The smallest absolute Gasteiger partial charge is 0.373 e. The van der Waals surface area contributed by atoms with Crippen molar-refractivity contribution in [3.05, 3.63) is 47.9 Å². The second-order valence-corrected chi connectivity index (χ2v) is 1.95. The summed E-state index contributed by atoms with van der Waals surface area (Å²) in [7, 11) is 0. The fourth-order valence-corrected chi connectivity index (χ4v) is 0.454. The standard InChI is InChI=1S/C5H15N3.Co.3N3/c6-2-1-4-8-5-3-7;;3*1-3-2/h8H,1-7H2;;;;/q;+3;3*-1. The second-order valence-electron chi connectivity index (χ2n) is 1.95. The Morgan fingerprint density at radius 2 is 1.06 bits per heavy atom. The van der Waals surface area contributed by atoms with Crippen LogP contribution in [0.2, 0.25) is 0 Å². The molecule has 0 fully saturated rings. The average Bonchev–Trinajstić information content (AvgIpc) is 2.28. The van der Waals surface area contributed by atoms with E-state index in [4.69, 9.17) is 44.7 Å². The summed E-state index contributed by atoms with van der Waals surface area (Å²) in [5, 5.41) is 3.13. The quantitative estimate of drug-likeness (QED) is 0.296. The van der Waals surface area contributed by atoms with Gasteiger partial charge >= 0.3 is 16.8 Å². The maximum absolute atomic E-state index is 6.75. The van der Waals surface area contributed by atoms with Gasteiger partial charge in [-0.05, 0) is 19.5 Å². The Hall–Kier alpha value is -1.68. The van der Waals surface area contributed by atoms with E-state index < -0.39 is 0 Å². The minimum absolute atomic E-state index is 0. The van der Waals surface area contributed by atoms with E-state index in [1.54, 1.807) is 0 Å². The van der Waals surface area contributed by atoms with Crippen LogP contribution in [0, 0.1) is 0 Å². The van der Waals surface area contributed by atoms with E-state index in [2.05, 4.69) is 5.32 Å². The molecular weight excluding hydrogens is 287 g/mol. The molecule has 0 aromatic carbocycles. The third-order valence-corrected chi connectivity index (χ3v) is 0.879. The van der Waals surface area contributed by atoms with Gasteiger partial charge in [-0.25, -0.2) is 0 Å². The van der Waals surface area contributed by atoms with Gasteiger partial charge in [-0.3, -0.25) is 14.7 Å². The third kappa shape index (κ3) is 231. The molecule has 0 saturated carbocycles. The van der Waals surface area contributed by atoms with Gasteiger partial charge < -0.3 is 50.0 Å². The van der Waals surface area contributed by atoms with Crippen LogP contribution >= 0.6 is 0 Å². The van der Waals surface area contributed by atoms with Gasteiger partial charge in [0.2, 0.25) is 0 Å². The zero-order valence-corrected chi connectivity index (χ0v) is 10.6. The van der Waals surface area contributed by atoms with E-state index in [1.807, 2.05) is 0 Å². The molecule has 104 valence electrons. The van der Waals surface area contributed by atoms with Crippen LogP contribution < -0.4 is 16.8 Å². The molecule has 0 aromatic rings. The Bertz CT molecular complexity index is 176. The van der Waals surface area contributed by atoms with Gasteiger partial charge in [-0.1, -0.05) is 0 Å². The van der Waals surface area contributed by atoms with Crippen LogP contribution in [-0.2, 0) is 16.8 Å². The second kappa shape index (κ2) is 58.6. The van der Waals surface area contributed by atoms with Crippen molar-refractivity contribution in [2.45, 2.75) is 6.42 Å². The summed E-state index contributed by atoms with van der Waals surface area (Å²) >= 11 is 0. The van der Waals surface area contributed by atoms with Gasteiger partial charge in [0, 0.05) is 13.1 Å². The largest absolute Gasteiger partial charge is 3.00 e. The van der Waals surface area contributed by atoms with Crippen LogP contribution in [0.15, 0.2) is 0 Å². The van der Waals surface area contributed by atoms with Crippen LogP contribution in [0.5, 0.6) is 0 Å². The van der Waals surface area contributed by atoms with E-state index in [1.165, 1.54) is 14.7 Å². The number of hydrogen-bond donors (Lipinski definition) is 3. The van der Waals surface area contributed by atoms with Crippen molar-refractivity contribution >= 4 is 0 Å². The Morgan fingerprint density at radius 1 is 0.722 bits per heavy atom. The van der Waals surface area contributed by atoms with Gasteiger partial charge in [0.25, 0.3) is 0 Å². The topological polar surface area (TPSA) is 240 Å². The summed E-state index contributed by atoms with van der Waals surface area (Å²) in [6, 6.07) is 0. The van der Waals surface area contributed by atoms with E-state index in [0.29, 0.717) is 6.54 Å². The third-order valence-electron chi connectivity index (χ3n) is 0.879. The van der Waals surface area contributed by atoms with Crippen LogP contribution in [-0.4, -0.2) is 26.2 Å². The molecule has 0 saturated heterocycles. The normalized spacial score (nSPS) is 5.67. The summed E-state index contributed by atoms with van der Waals surface area (Å²) in [6.07, 6.45) is 1.04. The van der Waals surface area contributed by atoms with Crippen molar-refractivity contribution in [2.24, 2.45) is 11.5 Å². The zero-order valence-electron chi connectivity index (χ0n) is 9.55. The molecule has 0 radical (unpaired) electrons. The van der Waals surface area contributed by atoms with Crippen molar-refractivity contribution in [1.29, 1.82) is 0 Å². The van der Waals surface area contributed by atoms with Gasteiger partial charge in [-0.2, -0.15) is 0 Å². The molecule has 0 amide bonds. The SMILES string of the molecule is NCCCNCCN.[Co+3].[N-]=[N+]=[N-].[N-]=[N+]=[N-].[N-]=[N+]=[N-]. The van der Waals surface area contributed by atoms with Crippen LogP contribution in [0.1, 0.15) is 6.42 Å². The molecule has 0 aliphatic heterocycles. The van der Waals surface area contributed by atoms with Crippen molar-refractivity contribution in [2.75, 3.05) is 26.2 Å². The zero-order chi connectivity index (χ0) is 14.4. The van der Waals surface area contributed by atoms with Gasteiger partial charge in [0.05, 0.1) is 0 Å². The fourth-order valence-electron chi connectivity index (χ4n) is 0.454.